The number of carbonyl (C=O) groups is 1. The number of amides is 1. The van der Waals surface area contributed by atoms with E-state index in [1.165, 1.54) is 6.08 Å². The Hall–Kier alpha value is -4.31. The normalized spacial score (nSPS) is 14.2. The molecule has 4 heterocycles. The number of aromatic nitrogens is 4. The second-order valence-electron chi connectivity index (χ2n) is 9.77. The Morgan fingerprint density at radius 3 is 2.66 bits per heavy atom. The van der Waals surface area contributed by atoms with Crippen LogP contribution in [0.5, 0.6) is 5.75 Å². The first-order chi connectivity index (χ1) is 18.4. The van der Waals surface area contributed by atoms with E-state index < -0.39 is 0 Å². The molecule has 10 heteroatoms. The number of hydrogen-bond donors (Lipinski definition) is 3. The van der Waals surface area contributed by atoms with E-state index in [9.17, 15) is 4.79 Å². The number of carbonyl (C=O) groups excluding carboxylic acids is 1. The number of ether oxygens (including phenoxy) is 1. The van der Waals surface area contributed by atoms with E-state index in [4.69, 9.17) is 9.72 Å². The molecule has 1 aromatic carbocycles. The molecule has 10 nitrogen and oxygen atoms in total. The van der Waals surface area contributed by atoms with Crippen LogP contribution in [0.3, 0.4) is 0 Å². The summed E-state index contributed by atoms with van der Waals surface area (Å²) in [7, 11) is 7.85. The van der Waals surface area contributed by atoms with Crippen molar-refractivity contribution < 1.29 is 9.53 Å². The predicted octanol–water partition coefficient (Wildman–Crippen LogP) is 4.37. The Labute approximate surface area is 222 Å². The minimum absolute atomic E-state index is 0.277. The van der Waals surface area contributed by atoms with Gasteiger partial charge in [0.15, 0.2) is 0 Å². The maximum absolute atomic E-state index is 12.4. The van der Waals surface area contributed by atoms with Gasteiger partial charge in [-0.15, -0.1) is 0 Å². The summed E-state index contributed by atoms with van der Waals surface area (Å²) in [5.41, 5.74) is 4.75. The number of aryl methyl sites for hydroxylation is 1. The standard InChI is InChI=1S/C28H34N8O2/c1-6-25(37)30-21-15-22(24(38-5)16-23(21)36-13-9-19(10-14-36)34(2)3)31-28-32-26(18-8-12-35(4)17-18)20-7-11-29-27(20)33-28/h6-8,11-12,15-17,19H,1,9-10,13-14H2,2-5H3,(H,30,37)(H2,29,31,32,33). The van der Waals surface area contributed by atoms with Crippen molar-refractivity contribution >= 4 is 40.0 Å². The molecule has 38 heavy (non-hydrogen) atoms. The summed E-state index contributed by atoms with van der Waals surface area (Å²) in [6.07, 6.45) is 9.21. The number of nitrogens with zero attached hydrogens (tertiary/aromatic N) is 5. The molecule has 0 spiro atoms. The summed E-state index contributed by atoms with van der Waals surface area (Å²) in [5.74, 6) is 0.765. The van der Waals surface area contributed by atoms with Crippen LogP contribution in [-0.4, -0.2) is 70.7 Å². The van der Waals surface area contributed by atoms with E-state index in [-0.39, 0.29) is 5.91 Å². The molecule has 3 aromatic heterocycles. The Morgan fingerprint density at radius 1 is 1.21 bits per heavy atom. The van der Waals surface area contributed by atoms with Gasteiger partial charge in [-0.2, -0.15) is 4.98 Å². The average Bonchev–Trinajstić information content (AvgIpc) is 3.57. The third kappa shape index (κ3) is 5.08. The summed E-state index contributed by atoms with van der Waals surface area (Å²) in [5, 5.41) is 7.24. The fraction of sp³-hybridized carbons (Fsp3) is 0.321. The number of fused-ring (bicyclic) bond motifs is 1. The SMILES string of the molecule is C=CC(=O)Nc1cc(Nc2nc(-c3ccn(C)c3)c3cc[nH]c3n2)c(OC)cc1N1CCC(N(C)C)CC1. The van der Waals surface area contributed by atoms with Gasteiger partial charge < -0.3 is 34.7 Å². The lowest BCUT2D eigenvalue weighted by atomic mass is 10.0. The zero-order valence-corrected chi connectivity index (χ0v) is 22.3. The molecular formula is C28H34N8O2. The van der Waals surface area contributed by atoms with Crippen LogP contribution in [0.4, 0.5) is 23.0 Å². The van der Waals surface area contributed by atoms with Crippen molar-refractivity contribution in [2.24, 2.45) is 7.05 Å². The van der Waals surface area contributed by atoms with Gasteiger partial charge in [-0.05, 0) is 51.2 Å². The molecule has 0 bridgehead atoms. The minimum Gasteiger partial charge on any atom is -0.494 e. The van der Waals surface area contributed by atoms with Gasteiger partial charge in [0.1, 0.15) is 11.4 Å². The predicted molar refractivity (Wildman–Crippen MR) is 152 cm³/mol. The molecule has 1 aliphatic rings. The van der Waals surface area contributed by atoms with E-state index in [1.807, 2.05) is 54.5 Å². The topological polar surface area (TPSA) is 103 Å². The lowest BCUT2D eigenvalue weighted by molar-refractivity contribution is -0.111. The van der Waals surface area contributed by atoms with E-state index in [0.29, 0.717) is 29.1 Å². The van der Waals surface area contributed by atoms with Gasteiger partial charge in [0.25, 0.3) is 0 Å². The largest absolute Gasteiger partial charge is 0.494 e. The van der Waals surface area contributed by atoms with Gasteiger partial charge in [0, 0.05) is 61.8 Å². The number of H-pyrrole nitrogens is 1. The summed E-state index contributed by atoms with van der Waals surface area (Å²) in [6, 6.07) is 8.37. The van der Waals surface area contributed by atoms with Gasteiger partial charge in [-0.3, -0.25) is 4.79 Å². The molecule has 198 valence electrons. The average molecular weight is 515 g/mol. The first kappa shape index (κ1) is 25.3. The third-order valence-corrected chi connectivity index (χ3v) is 7.06. The number of piperidine rings is 1. The molecule has 5 rings (SSSR count). The van der Waals surface area contributed by atoms with Crippen molar-refractivity contribution in [2.45, 2.75) is 18.9 Å². The van der Waals surface area contributed by atoms with E-state index >= 15 is 0 Å². The van der Waals surface area contributed by atoms with Crippen LogP contribution in [-0.2, 0) is 11.8 Å². The highest BCUT2D eigenvalue weighted by atomic mass is 16.5. The molecule has 1 saturated heterocycles. The van der Waals surface area contributed by atoms with Crippen molar-refractivity contribution in [3.8, 4) is 17.0 Å². The van der Waals surface area contributed by atoms with E-state index in [0.717, 1.165) is 53.9 Å². The van der Waals surface area contributed by atoms with Crippen molar-refractivity contribution in [2.75, 3.05) is 49.8 Å². The minimum atomic E-state index is -0.277. The van der Waals surface area contributed by atoms with E-state index in [2.05, 4.69) is 51.1 Å². The summed E-state index contributed by atoms with van der Waals surface area (Å²) in [6.45, 7) is 5.38. The number of nitrogens with one attached hydrogen (secondary N) is 3. The Morgan fingerprint density at radius 2 is 2.00 bits per heavy atom. The number of aromatic amines is 1. The Balaban J connectivity index is 1.52. The van der Waals surface area contributed by atoms with E-state index in [1.54, 1.807) is 7.11 Å². The third-order valence-electron chi connectivity index (χ3n) is 7.06. The summed E-state index contributed by atoms with van der Waals surface area (Å²) >= 11 is 0. The molecule has 0 unspecified atom stereocenters. The van der Waals surface area contributed by atoms with Crippen LogP contribution in [0.15, 0.2) is 55.5 Å². The smallest absolute Gasteiger partial charge is 0.247 e. The monoisotopic (exact) mass is 514 g/mol. The zero-order chi connectivity index (χ0) is 26.8. The second-order valence-corrected chi connectivity index (χ2v) is 9.77. The van der Waals surface area contributed by atoms with Crippen LogP contribution in [0, 0.1) is 0 Å². The maximum atomic E-state index is 12.4. The highest BCUT2D eigenvalue weighted by molar-refractivity contribution is 6.02. The number of hydrogen-bond acceptors (Lipinski definition) is 7. The molecule has 3 N–H and O–H groups in total. The second kappa shape index (κ2) is 10.6. The van der Waals surface area contributed by atoms with Gasteiger partial charge in [-0.25, -0.2) is 4.98 Å². The molecule has 0 atom stereocenters. The Bertz CT molecular complexity index is 1460. The summed E-state index contributed by atoms with van der Waals surface area (Å²) in [4.78, 5) is 29.6. The number of anilines is 4. The molecule has 1 fully saturated rings. The Kier molecular flexibility index (Phi) is 7.06. The van der Waals surface area contributed by atoms with Crippen molar-refractivity contribution in [3.05, 3.63) is 55.5 Å². The van der Waals surface area contributed by atoms with Crippen LogP contribution < -0.4 is 20.3 Å². The fourth-order valence-corrected chi connectivity index (χ4v) is 4.99. The lowest BCUT2D eigenvalue weighted by Gasteiger charge is -2.37. The fourth-order valence-electron chi connectivity index (χ4n) is 4.99. The van der Waals surface area contributed by atoms with Crippen molar-refractivity contribution in [3.63, 3.8) is 0 Å². The number of methoxy groups -OCH3 is 1. The molecule has 0 saturated carbocycles. The summed E-state index contributed by atoms with van der Waals surface area (Å²) < 4.78 is 7.78. The molecule has 4 aromatic rings. The van der Waals surface area contributed by atoms with Gasteiger partial charge in [-0.1, -0.05) is 6.58 Å². The molecule has 1 amide bonds. The van der Waals surface area contributed by atoms with Gasteiger partial charge >= 0.3 is 0 Å². The highest BCUT2D eigenvalue weighted by Crippen LogP contribution is 2.40. The van der Waals surface area contributed by atoms with Gasteiger partial charge in [0.05, 0.1) is 29.9 Å². The van der Waals surface area contributed by atoms with Crippen LogP contribution in [0.2, 0.25) is 0 Å². The molecular weight excluding hydrogens is 480 g/mol. The first-order valence-corrected chi connectivity index (χ1v) is 12.7. The van der Waals surface area contributed by atoms with Crippen LogP contribution >= 0.6 is 0 Å². The van der Waals surface area contributed by atoms with Crippen LogP contribution in [0.1, 0.15) is 12.8 Å². The van der Waals surface area contributed by atoms with Crippen molar-refractivity contribution in [1.82, 2.24) is 24.4 Å². The zero-order valence-electron chi connectivity index (χ0n) is 22.3. The quantitative estimate of drug-likeness (QED) is 0.300. The van der Waals surface area contributed by atoms with Crippen molar-refractivity contribution in [1.29, 1.82) is 0 Å². The first-order valence-electron chi connectivity index (χ1n) is 12.7. The number of rotatable bonds is 8. The highest BCUT2D eigenvalue weighted by Gasteiger charge is 2.24. The van der Waals surface area contributed by atoms with Crippen LogP contribution in [0.25, 0.3) is 22.3 Å². The van der Waals surface area contributed by atoms with Gasteiger partial charge in [0.2, 0.25) is 11.9 Å². The maximum Gasteiger partial charge on any atom is 0.247 e. The molecule has 1 aliphatic heterocycles. The lowest BCUT2D eigenvalue weighted by Crippen LogP contribution is -2.42. The molecule has 0 radical (unpaired) electrons. The molecule has 0 aliphatic carbocycles. The number of benzene rings is 1.